The number of ether oxygens (including phenoxy) is 1. The molecule has 202 valence electrons. The summed E-state index contributed by atoms with van der Waals surface area (Å²) in [5, 5.41) is 6.31. The number of aromatic nitrogens is 2. The fourth-order valence-electron chi connectivity index (χ4n) is 5.55. The molecule has 0 bridgehead atoms. The number of hydrogen-bond acceptors (Lipinski definition) is 6. The van der Waals surface area contributed by atoms with E-state index in [1.54, 1.807) is 0 Å². The number of aryl methyl sites for hydroxylation is 1. The van der Waals surface area contributed by atoms with Crippen molar-refractivity contribution in [2.24, 2.45) is 5.92 Å². The van der Waals surface area contributed by atoms with Crippen LogP contribution in [0.2, 0.25) is 0 Å². The van der Waals surface area contributed by atoms with Crippen LogP contribution in [0.15, 0.2) is 24.5 Å². The summed E-state index contributed by atoms with van der Waals surface area (Å²) >= 11 is 0. The van der Waals surface area contributed by atoms with Gasteiger partial charge in [0.05, 0.1) is 29.9 Å². The van der Waals surface area contributed by atoms with Crippen molar-refractivity contribution in [1.82, 2.24) is 25.5 Å². The molecule has 1 unspecified atom stereocenters. The molecule has 2 N–H and O–H groups in total. The minimum atomic E-state index is -4.45. The van der Waals surface area contributed by atoms with Crippen LogP contribution in [0, 0.1) is 5.92 Å². The molecule has 4 rings (SSSR count). The molecule has 1 saturated carbocycles. The Morgan fingerprint density at radius 2 is 1.89 bits per heavy atom. The van der Waals surface area contributed by atoms with E-state index in [1.807, 2.05) is 0 Å². The van der Waals surface area contributed by atoms with Gasteiger partial charge in [0.15, 0.2) is 0 Å². The Kier molecular flexibility index (Phi) is 8.51. The summed E-state index contributed by atoms with van der Waals surface area (Å²) in [4.78, 5) is 34.7. The zero-order valence-electron chi connectivity index (χ0n) is 21.2. The van der Waals surface area contributed by atoms with Crippen molar-refractivity contribution >= 4 is 22.9 Å². The quantitative estimate of drug-likeness (QED) is 0.544. The van der Waals surface area contributed by atoms with E-state index in [-0.39, 0.29) is 36.9 Å². The Morgan fingerprint density at radius 3 is 2.54 bits per heavy atom. The molecule has 2 amide bonds. The molecule has 1 saturated heterocycles. The molecule has 2 aromatic rings. The van der Waals surface area contributed by atoms with Crippen LogP contribution in [0.5, 0.6) is 0 Å². The first-order valence-electron chi connectivity index (χ1n) is 12.9. The van der Waals surface area contributed by atoms with Gasteiger partial charge >= 0.3 is 12.3 Å². The molecule has 8 nitrogen and oxygen atoms in total. The van der Waals surface area contributed by atoms with Crippen LogP contribution >= 0.6 is 0 Å². The Bertz CT molecular complexity index is 1100. The summed E-state index contributed by atoms with van der Waals surface area (Å²) in [7, 11) is 1.38. The average Bonchev–Trinajstić information content (AvgIpc) is 2.87. The van der Waals surface area contributed by atoms with Crippen molar-refractivity contribution in [3.05, 3.63) is 35.8 Å². The second-order valence-electron chi connectivity index (χ2n) is 9.99. The van der Waals surface area contributed by atoms with Crippen LogP contribution in [0.25, 0.3) is 10.9 Å². The third kappa shape index (κ3) is 6.68. The first-order chi connectivity index (χ1) is 17.7. The first-order valence-corrected chi connectivity index (χ1v) is 12.9. The van der Waals surface area contributed by atoms with Gasteiger partial charge < -0.3 is 15.4 Å². The van der Waals surface area contributed by atoms with E-state index < -0.39 is 11.7 Å². The highest BCUT2D eigenvalue weighted by atomic mass is 19.4. The van der Waals surface area contributed by atoms with Gasteiger partial charge in [-0.2, -0.15) is 13.2 Å². The fraction of sp³-hybridized carbons (Fsp3) is 0.615. The molecule has 11 heteroatoms. The van der Waals surface area contributed by atoms with Crippen molar-refractivity contribution < 1.29 is 27.5 Å². The average molecular weight is 522 g/mol. The highest BCUT2D eigenvalue weighted by Crippen LogP contribution is 2.33. The number of carbonyl (C=O) groups is 2. The van der Waals surface area contributed by atoms with E-state index in [0.717, 1.165) is 57.3 Å². The molecule has 2 aliphatic rings. The molecule has 1 aliphatic carbocycles. The van der Waals surface area contributed by atoms with E-state index in [2.05, 4.69) is 32.4 Å². The van der Waals surface area contributed by atoms with Crippen LogP contribution in [0.1, 0.15) is 56.7 Å². The Hall–Kier alpha value is -2.95. The smallest absolute Gasteiger partial charge is 0.416 e. The summed E-state index contributed by atoms with van der Waals surface area (Å²) in [5.74, 6) is 0.314. The number of halogens is 3. The van der Waals surface area contributed by atoms with Gasteiger partial charge in [-0.15, -0.1) is 0 Å². The predicted molar refractivity (Wildman–Crippen MR) is 132 cm³/mol. The molecule has 0 spiro atoms. The van der Waals surface area contributed by atoms with Crippen molar-refractivity contribution in [3.63, 3.8) is 0 Å². The van der Waals surface area contributed by atoms with Gasteiger partial charge in [-0.05, 0) is 62.6 Å². The standard InChI is InChI=1S/C26H34F3N5O3/c1-3-21(33-25(36)37-2)16-4-7-19(8-5-16)34-13-18(14-34)32-24(35)11-10-23-20-12-17(26(27,28)29)6-9-22(20)30-15-31-23/h6,9,12,15-16,18-19,21H,3-5,7-8,10-11,13-14H2,1-2H3,(H,32,35)(H,33,36). The maximum atomic E-state index is 13.1. The van der Waals surface area contributed by atoms with Gasteiger partial charge in [0.1, 0.15) is 6.33 Å². The number of amides is 2. The third-order valence-corrected chi connectivity index (χ3v) is 7.66. The number of nitrogens with zero attached hydrogens (tertiary/aromatic N) is 3. The maximum absolute atomic E-state index is 13.1. The molecular formula is C26H34F3N5O3. The molecule has 0 radical (unpaired) electrons. The second kappa shape index (κ2) is 11.6. The van der Waals surface area contributed by atoms with Crippen molar-refractivity contribution in [2.45, 2.75) is 76.2 Å². The van der Waals surface area contributed by atoms with Crippen LogP contribution in [-0.2, 0) is 22.1 Å². The van der Waals surface area contributed by atoms with Gasteiger partial charge in [0.25, 0.3) is 0 Å². The number of alkyl carbamates (subject to hydrolysis) is 1. The number of fused-ring (bicyclic) bond motifs is 1. The number of nitrogens with one attached hydrogen (secondary N) is 2. The Labute approximate surface area is 214 Å². The number of rotatable bonds is 8. The molecular weight excluding hydrogens is 487 g/mol. The molecule has 2 fully saturated rings. The topological polar surface area (TPSA) is 96.5 Å². The largest absolute Gasteiger partial charge is 0.453 e. The zero-order chi connectivity index (χ0) is 26.6. The van der Waals surface area contributed by atoms with Crippen molar-refractivity contribution in [3.8, 4) is 0 Å². The third-order valence-electron chi connectivity index (χ3n) is 7.66. The summed E-state index contributed by atoms with van der Waals surface area (Å²) in [6.45, 7) is 3.66. The molecule has 2 heterocycles. The highest BCUT2D eigenvalue weighted by molar-refractivity contribution is 5.83. The molecule has 1 aromatic carbocycles. The van der Waals surface area contributed by atoms with Gasteiger partial charge in [0.2, 0.25) is 5.91 Å². The predicted octanol–water partition coefficient (Wildman–Crippen LogP) is 4.08. The lowest BCUT2D eigenvalue weighted by atomic mass is 9.79. The first kappa shape index (κ1) is 27.1. The van der Waals surface area contributed by atoms with E-state index in [9.17, 15) is 22.8 Å². The molecule has 1 aliphatic heterocycles. The lowest BCUT2D eigenvalue weighted by molar-refractivity contribution is -0.137. The number of likely N-dealkylation sites (tertiary alicyclic amines) is 1. The van der Waals surface area contributed by atoms with E-state index >= 15 is 0 Å². The van der Waals surface area contributed by atoms with Crippen LogP contribution in [0.3, 0.4) is 0 Å². The molecule has 37 heavy (non-hydrogen) atoms. The monoisotopic (exact) mass is 521 g/mol. The van der Waals surface area contributed by atoms with Gasteiger partial charge in [-0.25, -0.2) is 14.8 Å². The number of alkyl halides is 3. The highest BCUT2D eigenvalue weighted by Gasteiger charge is 2.37. The minimum absolute atomic E-state index is 0.0774. The maximum Gasteiger partial charge on any atom is 0.416 e. The Morgan fingerprint density at radius 1 is 1.16 bits per heavy atom. The number of benzene rings is 1. The van der Waals surface area contributed by atoms with Crippen LogP contribution in [-0.4, -0.2) is 65.2 Å². The summed E-state index contributed by atoms with van der Waals surface area (Å²) < 4.78 is 44.1. The molecule has 1 aromatic heterocycles. The van der Waals surface area contributed by atoms with Crippen molar-refractivity contribution in [2.75, 3.05) is 20.2 Å². The van der Waals surface area contributed by atoms with E-state index in [0.29, 0.717) is 28.6 Å². The van der Waals surface area contributed by atoms with Crippen molar-refractivity contribution in [1.29, 1.82) is 0 Å². The number of methoxy groups -OCH3 is 1. The van der Waals surface area contributed by atoms with Gasteiger partial charge in [-0.3, -0.25) is 9.69 Å². The normalized spacial score (nSPS) is 21.8. The summed E-state index contributed by atoms with van der Waals surface area (Å²) in [6.07, 6.45) is 1.96. The Balaban J connectivity index is 1.21. The zero-order valence-corrected chi connectivity index (χ0v) is 21.2. The molecule has 1 atom stereocenters. The van der Waals surface area contributed by atoms with E-state index in [4.69, 9.17) is 4.74 Å². The summed E-state index contributed by atoms with van der Waals surface area (Å²) in [5.41, 5.74) is 0.105. The minimum Gasteiger partial charge on any atom is -0.453 e. The number of hydrogen-bond donors (Lipinski definition) is 2. The summed E-state index contributed by atoms with van der Waals surface area (Å²) in [6, 6.07) is 4.07. The lowest BCUT2D eigenvalue weighted by Gasteiger charge is -2.47. The second-order valence-corrected chi connectivity index (χ2v) is 9.99. The number of carbonyl (C=O) groups excluding carboxylic acids is 2. The fourth-order valence-corrected chi connectivity index (χ4v) is 5.55. The van der Waals surface area contributed by atoms with Gasteiger partial charge in [-0.1, -0.05) is 6.92 Å². The van der Waals surface area contributed by atoms with Crippen LogP contribution < -0.4 is 10.6 Å². The SMILES string of the molecule is CCC(NC(=O)OC)C1CCC(N2CC(NC(=O)CCc3ncnc4ccc(C(F)(F)F)cc34)C2)CC1. The van der Waals surface area contributed by atoms with E-state index in [1.165, 1.54) is 19.5 Å². The van der Waals surface area contributed by atoms with Crippen LogP contribution in [0.4, 0.5) is 18.0 Å². The van der Waals surface area contributed by atoms with Gasteiger partial charge in [0, 0.05) is 37.0 Å². The lowest BCUT2D eigenvalue weighted by Crippen LogP contribution is -2.62.